The molecule has 3 heterocycles. The van der Waals surface area contributed by atoms with Gasteiger partial charge in [0.15, 0.2) is 5.78 Å². The Balaban J connectivity index is 1.44. The maximum atomic E-state index is 13.8. The molecule has 5 nitrogen and oxygen atoms in total. The Morgan fingerprint density at radius 3 is 2.62 bits per heavy atom. The largest absolute Gasteiger partial charge is 0.361 e. The van der Waals surface area contributed by atoms with Crippen LogP contribution in [0.25, 0.3) is 21.9 Å². The van der Waals surface area contributed by atoms with Crippen molar-refractivity contribution in [2.24, 2.45) is 0 Å². The summed E-state index contributed by atoms with van der Waals surface area (Å²) >= 11 is 0. The molecule has 3 aromatic carbocycles. The van der Waals surface area contributed by atoms with Crippen LogP contribution < -0.4 is 5.32 Å². The number of fused-ring (bicyclic) bond motifs is 4. The average molecular weight is 445 g/mol. The number of para-hydroxylation sites is 3. The molecule has 0 saturated carbocycles. The predicted octanol–water partition coefficient (Wildman–Crippen LogP) is 6.24. The number of imidazole rings is 1. The summed E-state index contributed by atoms with van der Waals surface area (Å²) in [6, 6.07) is 24.8. The first-order chi connectivity index (χ1) is 16.7. The van der Waals surface area contributed by atoms with E-state index in [4.69, 9.17) is 4.98 Å². The van der Waals surface area contributed by atoms with Crippen molar-refractivity contribution >= 4 is 33.7 Å². The third-order valence-electron chi connectivity index (χ3n) is 7.36. The second-order valence-electron chi connectivity index (χ2n) is 9.44. The average Bonchev–Trinajstić information content (AvgIpc) is 3.44. The van der Waals surface area contributed by atoms with Crippen LogP contribution in [0, 0.1) is 6.92 Å². The lowest BCUT2D eigenvalue weighted by Crippen LogP contribution is -2.33. The van der Waals surface area contributed by atoms with Crippen LogP contribution >= 0.6 is 0 Å². The Bertz CT molecular complexity index is 1620. The van der Waals surface area contributed by atoms with E-state index in [1.807, 2.05) is 24.3 Å². The van der Waals surface area contributed by atoms with E-state index in [0.29, 0.717) is 6.42 Å². The Labute approximate surface area is 197 Å². The molecule has 166 valence electrons. The van der Waals surface area contributed by atoms with Gasteiger partial charge in [0.05, 0.1) is 17.1 Å². The molecule has 0 spiro atoms. The molecule has 2 aliphatic rings. The topological polar surface area (TPSA) is 62.7 Å². The Morgan fingerprint density at radius 1 is 0.941 bits per heavy atom. The zero-order valence-corrected chi connectivity index (χ0v) is 18.9. The van der Waals surface area contributed by atoms with Gasteiger partial charge in [0.1, 0.15) is 0 Å². The molecule has 0 fully saturated rings. The van der Waals surface area contributed by atoms with Gasteiger partial charge >= 0.3 is 0 Å². The number of Topliss-reactive ketones (excluding diaryl/α,β-unsaturated/α-hetero) is 1. The van der Waals surface area contributed by atoms with Crippen molar-refractivity contribution in [3.05, 3.63) is 107 Å². The summed E-state index contributed by atoms with van der Waals surface area (Å²) in [4.78, 5) is 22.2. The monoisotopic (exact) mass is 444 g/mol. The molecule has 7 rings (SSSR count). The Hall–Kier alpha value is -4.12. The molecule has 2 N–H and O–H groups in total. The van der Waals surface area contributed by atoms with Crippen LogP contribution in [-0.4, -0.2) is 20.3 Å². The van der Waals surface area contributed by atoms with Gasteiger partial charge in [0.25, 0.3) is 0 Å². The van der Waals surface area contributed by atoms with E-state index in [-0.39, 0.29) is 17.7 Å². The maximum Gasteiger partial charge on any atom is 0.209 e. The number of ketones is 1. The molecule has 2 aromatic heterocycles. The lowest BCUT2D eigenvalue weighted by molar-refractivity contribution is -0.116. The lowest BCUT2D eigenvalue weighted by Gasteiger charge is -2.36. The normalized spacial score (nSPS) is 19.9. The number of anilines is 1. The highest BCUT2D eigenvalue weighted by molar-refractivity contribution is 6.02. The number of hydrogen-bond acceptors (Lipinski definition) is 3. The van der Waals surface area contributed by atoms with Crippen LogP contribution in [0.4, 0.5) is 5.95 Å². The molecule has 5 aromatic rings. The van der Waals surface area contributed by atoms with Gasteiger partial charge in [0.2, 0.25) is 5.95 Å². The number of aryl methyl sites for hydroxylation is 1. The molecular formula is C29H24N4O. The maximum absolute atomic E-state index is 13.8. The first-order valence-electron chi connectivity index (χ1n) is 11.8. The highest BCUT2D eigenvalue weighted by atomic mass is 16.1. The van der Waals surface area contributed by atoms with Crippen LogP contribution in [0.15, 0.2) is 90.3 Å². The van der Waals surface area contributed by atoms with Crippen LogP contribution in [0.5, 0.6) is 0 Å². The van der Waals surface area contributed by atoms with E-state index in [1.165, 1.54) is 11.1 Å². The molecule has 2 atom stereocenters. The van der Waals surface area contributed by atoms with E-state index in [2.05, 4.69) is 76.5 Å². The number of benzene rings is 3. The number of carbonyl (C=O) groups excluding carboxylic acids is 1. The first kappa shape index (κ1) is 19.4. The highest BCUT2D eigenvalue weighted by Gasteiger charge is 2.40. The third-order valence-corrected chi connectivity index (χ3v) is 7.36. The molecule has 0 amide bonds. The third kappa shape index (κ3) is 2.80. The lowest BCUT2D eigenvalue weighted by atomic mass is 9.77. The van der Waals surface area contributed by atoms with Crippen molar-refractivity contribution in [1.82, 2.24) is 14.5 Å². The minimum atomic E-state index is -0.221. The Kier molecular flexibility index (Phi) is 4.09. The van der Waals surface area contributed by atoms with Gasteiger partial charge < -0.3 is 10.3 Å². The van der Waals surface area contributed by atoms with E-state index >= 15 is 0 Å². The smallest absolute Gasteiger partial charge is 0.209 e. The van der Waals surface area contributed by atoms with Gasteiger partial charge in [0, 0.05) is 40.4 Å². The van der Waals surface area contributed by atoms with Crippen molar-refractivity contribution in [2.75, 3.05) is 5.32 Å². The van der Waals surface area contributed by atoms with Gasteiger partial charge in [-0.3, -0.25) is 9.36 Å². The number of carbonyl (C=O) groups is 1. The van der Waals surface area contributed by atoms with Crippen molar-refractivity contribution in [1.29, 1.82) is 0 Å². The number of nitrogens with one attached hydrogen (secondary N) is 2. The van der Waals surface area contributed by atoms with Crippen LogP contribution in [-0.2, 0) is 4.79 Å². The fourth-order valence-electron chi connectivity index (χ4n) is 5.71. The van der Waals surface area contributed by atoms with Crippen molar-refractivity contribution in [3.63, 3.8) is 0 Å². The molecule has 1 aliphatic heterocycles. The molecule has 0 unspecified atom stereocenters. The molecule has 0 saturated heterocycles. The van der Waals surface area contributed by atoms with Crippen molar-refractivity contribution < 1.29 is 4.79 Å². The second kappa shape index (κ2) is 7.19. The number of hydrogen-bond donors (Lipinski definition) is 2. The van der Waals surface area contributed by atoms with Gasteiger partial charge in [-0.05, 0) is 43.0 Å². The summed E-state index contributed by atoms with van der Waals surface area (Å²) in [6.07, 6.45) is 3.37. The summed E-state index contributed by atoms with van der Waals surface area (Å²) in [5.74, 6) is 1.17. The Morgan fingerprint density at radius 2 is 1.74 bits per heavy atom. The second-order valence-corrected chi connectivity index (χ2v) is 9.44. The van der Waals surface area contributed by atoms with Gasteiger partial charge in [-0.2, -0.15) is 0 Å². The van der Waals surface area contributed by atoms with E-state index in [9.17, 15) is 4.79 Å². The summed E-state index contributed by atoms with van der Waals surface area (Å²) in [5.41, 5.74) is 8.45. The molecule has 5 heteroatoms. The fourth-order valence-corrected chi connectivity index (χ4v) is 5.71. The summed E-state index contributed by atoms with van der Waals surface area (Å²) < 4.78 is 2.20. The van der Waals surface area contributed by atoms with E-state index < -0.39 is 0 Å². The molecule has 0 radical (unpaired) electrons. The van der Waals surface area contributed by atoms with Crippen LogP contribution in [0.1, 0.15) is 41.5 Å². The van der Waals surface area contributed by atoms with Gasteiger partial charge in [-0.15, -0.1) is 0 Å². The molecular weight excluding hydrogens is 420 g/mol. The van der Waals surface area contributed by atoms with Crippen molar-refractivity contribution in [2.45, 2.75) is 31.7 Å². The van der Waals surface area contributed by atoms with Gasteiger partial charge in [-0.1, -0.05) is 60.2 Å². The predicted molar refractivity (Wildman–Crippen MR) is 135 cm³/mol. The fraction of sp³-hybridized carbons (Fsp3) is 0.172. The summed E-state index contributed by atoms with van der Waals surface area (Å²) in [7, 11) is 0. The number of allylic oxidation sites excluding steroid dienone is 2. The number of aromatic nitrogens is 3. The minimum absolute atomic E-state index is 0.166. The van der Waals surface area contributed by atoms with Crippen molar-refractivity contribution in [3.8, 4) is 0 Å². The number of H-pyrrole nitrogens is 1. The SMILES string of the molecule is Cc1ccc([C@H]2CC(=O)C3=C(C2)Nc2nc4ccccc4n2[C@H]3c2c[nH]c3ccccc23)cc1. The zero-order chi connectivity index (χ0) is 22.8. The number of nitrogens with zero attached hydrogens (tertiary/aromatic N) is 2. The highest BCUT2D eigenvalue weighted by Crippen LogP contribution is 2.47. The van der Waals surface area contributed by atoms with Crippen LogP contribution in [0.3, 0.4) is 0 Å². The van der Waals surface area contributed by atoms with E-state index in [0.717, 1.165) is 51.1 Å². The summed E-state index contributed by atoms with van der Waals surface area (Å²) in [6.45, 7) is 2.09. The number of rotatable bonds is 2. The van der Waals surface area contributed by atoms with E-state index in [1.54, 1.807) is 0 Å². The zero-order valence-electron chi connectivity index (χ0n) is 18.9. The molecule has 0 bridgehead atoms. The number of aromatic amines is 1. The molecule has 1 aliphatic carbocycles. The molecule has 34 heavy (non-hydrogen) atoms. The van der Waals surface area contributed by atoms with Gasteiger partial charge in [-0.25, -0.2) is 4.98 Å². The first-order valence-corrected chi connectivity index (χ1v) is 11.8. The summed E-state index contributed by atoms with van der Waals surface area (Å²) in [5, 5.41) is 4.71. The minimum Gasteiger partial charge on any atom is -0.361 e. The quantitative estimate of drug-likeness (QED) is 0.339. The van der Waals surface area contributed by atoms with Crippen LogP contribution in [0.2, 0.25) is 0 Å². The standard InChI is InChI=1S/C29H24N4O/c1-17-10-12-18(13-11-17)19-14-24-27(26(34)15-19)28(21-16-30-22-7-3-2-6-20(21)22)33-25-9-5-4-8-23(25)31-29(33)32-24/h2-13,16,19,28,30H,14-15H2,1H3,(H,31,32)/t19-,28+/m1/s1.